The van der Waals surface area contributed by atoms with Crippen molar-refractivity contribution in [2.75, 3.05) is 19.6 Å². The molecule has 3 aromatic carbocycles. The second-order valence-electron chi connectivity index (χ2n) is 8.71. The van der Waals surface area contributed by atoms with Crippen molar-refractivity contribution in [3.05, 3.63) is 81.9 Å². The fourth-order valence-corrected chi connectivity index (χ4v) is 5.15. The van der Waals surface area contributed by atoms with Gasteiger partial charge in [0.05, 0.1) is 11.1 Å². The third-order valence-corrected chi connectivity index (χ3v) is 6.61. The number of likely N-dealkylation sites (N-methyl/N-ethyl adjacent to an activating group) is 2. The van der Waals surface area contributed by atoms with Gasteiger partial charge in [0.15, 0.2) is 5.60 Å². The smallest absolute Gasteiger partial charge is 0.341 e. The molecule has 1 spiro atoms. The molecule has 36 heavy (non-hydrogen) atoms. The third kappa shape index (κ3) is 3.47. The lowest BCUT2D eigenvalue weighted by Gasteiger charge is -2.36. The molecule has 9 heteroatoms. The van der Waals surface area contributed by atoms with Gasteiger partial charge in [-0.15, -0.1) is 0 Å². The maximum Gasteiger partial charge on any atom is 0.341 e. The van der Waals surface area contributed by atoms with Crippen LogP contribution in [0.1, 0.15) is 62.9 Å². The molecule has 2 aliphatic heterocycles. The van der Waals surface area contributed by atoms with Crippen LogP contribution < -0.4 is 15.4 Å². The van der Waals surface area contributed by atoms with Crippen molar-refractivity contribution < 1.29 is 34.4 Å². The fraction of sp³-hybridized carbons (Fsp3) is 0.259. The number of fused-ring (bicyclic) bond motifs is 6. The first-order chi connectivity index (χ1) is 17.3. The number of hydrogen-bond acceptors (Lipinski definition) is 8. The van der Waals surface area contributed by atoms with Crippen molar-refractivity contribution >= 4 is 11.9 Å². The van der Waals surface area contributed by atoms with Gasteiger partial charge in [0, 0.05) is 41.4 Å². The zero-order valence-corrected chi connectivity index (χ0v) is 19.8. The van der Waals surface area contributed by atoms with E-state index in [0.29, 0.717) is 41.9 Å². The molecule has 1 atom stereocenters. The number of ether oxygens (including phenoxy) is 2. The highest BCUT2D eigenvalue weighted by molar-refractivity contribution is 6.07. The molecule has 9 nitrogen and oxygen atoms in total. The van der Waals surface area contributed by atoms with E-state index >= 15 is 0 Å². The van der Waals surface area contributed by atoms with Crippen LogP contribution in [0.5, 0.6) is 23.0 Å². The molecule has 0 saturated heterocycles. The molecule has 0 bridgehead atoms. The number of nitrogens with one attached hydrogen (secondary N) is 2. The topological polar surface area (TPSA) is 137 Å². The Labute approximate surface area is 207 Å². The van der Waals surface area contributed by atoms with Gasteiger partial charge in [0.1, 0.15) is 23.0 Å². The molecule has 0 amide bonds. The first-order valence-corrected chi connectivity index (χ1v) is 11.7. The Hall–Kier alpha value is -4.08. The van der Waals surface area contributed by atoms with Crippen LogP contribution in [0, 0.1) is 0 Å². The summed E-state index contributed by atoms with van der Waals surface area (Å²) in [5.74, 6) is -1.67. The molecule has 0 saturated carbocycles. The number of esters is 1. The maximum atomic E-state index is 13.5. The van der Waals surface area contributed by atoms with Gasteiger partial charge in [-0.3, -0.25) is 0 Å². The predicted molar refractivity (Wildman–Crippen MR) is 130 cm³/mol. The van der Waals surface area contributed by atoms with Crippen LogP contribution in [0.3, 0.4) is 0 Å². The summed E-state index contributed by atoms with van der Waals surface area (Å²) < 4.78 is 12.0. The fourth-order valence-electron chi connectivity index (χ4n) is 5.15. The van der Waals surface area contributed by atoms with Gasteiger partial charge in [-0.05, 0) is 42.9 Å². The molecule has 5 N–H and O–H groups in total. The van der Waals surface area contributed by atoms with Crippen LogP contribution in [0.2, 0.25) is 0 Å². The number of carbonyl (C=O) groups is 2. The predicted octanol–water partition coefficient (Wildman–Crippen LogP) is 3.62. The Balaban J connectivity index is 1.80. The van der Waals surface area contributed by atoms with E-state index in [0.717, 1.165) is 0 Å². The van der Waals surface area contributed by atoms with E-state index in [1.165, 1.54) is 24.3 Å². The van der Waals surface area contributed by atoms with E-state index in [1.807, 2.05) is 13.8 Å². The highest BCUT2D eigenvalue weighted by atomic mass is 16.6. The van der Waals surface area contributed by atoms with Crippen LogP contribution in [-0.4, -0.2) is 46.9 Å². The average molecular weight is 491 g/mol. The number of hydrogen-bond donors (Lipinski definition) is 5. The lowest BCUT2D eigenvalue weighted by molar-refractivity contribution is 0.0222. The third-order valence-electron chi connectivity index (χ3n) is 6.61. The van der Waals surface area contributed by atoms with Crippen molar-refractivity contribution in [1.82, 2.24) is 10.6 Å². The summed E-state index contributed by atoms with van der Waals surface area (Å²) in [6.07, 6.45) is 0. The zero-order valence-electron chi connectivity index (χ0n) is 19.8. The van der Waals surface area contributed by atoms with Crippen molar-refractivity contribution in [3.8, 4) is 23.0 Å². The zero-order chi connectivity index (χ0) is 25.6. The monoisotopic (exact) mass is 490 g/mol. The summed E-state index contributed by atoms with van der Waals surface area (Å²) in [6, 6.07) is 11.9. The van der Waals surface area contributed by atoms with Crippen LogP contribution in [-0.2, 0) is 10.3 Å². The van der Waals surface area contributed by atoms with Crippen molar-refractivity contribution in [3.63, 3.8) is 0 Å². The molecule has 0 aromatic heterocycles. The minimum Gasteiger partial charge on any atom is -0.508 e. The Bertz CT molecular complexity index is 1330. The molecule has 3 aromatic rings. The molecule has 186 valence electrons. The largest absolute Gasteiger partial charge is 0.508 e. The van der Waals surface area contributed by atoms with Crippen LogP contribution in [0.25, 0.3) is 0 Å². The van der Waals surface area contributed by atoms with E-state index in [-0.39, 0.29) is 40.2 Å². The Morgan fingerprint density at radius 3 is 2.11 bits per heavy atom. The molecule has 0 radical (unpaired) electrons. The standard InChI is InChI=1S/C27H26N2O7/c1-3-28-13-20(29-4-2)16-7-10-19-24(23(16)25(32)33)26(34)36-27(19)17-8-5-14(30)11-21(17)35-22-12-15(31)6-9-18(22)27/h5-12,20,28-31H,3-4,13H2,1-2H3,(H,32,33). The molecular formula is C27H26N2O7. The number of aromatic hydroxyl groups is 2. The molecule has 0 aliphatic carbocycles. The van der Waals surface area contributed by atoms with Crippen molar-refractivity contribution in [1.29, 1.82) is 0 Å². The first kappa shape index (κ1) is 23.7. The molecule has 2 aliphatic rings. The number of phenols is 2. The van der Waals surface area contributed by atoms with Gasteiger partial charge in [0.2, 0.25) is 0 Å². The van der Waals surface area contributed by atoms with E-state index in [4.69, 9.17) is 9.47 Å². The van der Waals surface area contributed by atoms with Gasteiger partial charge < -0.3 is 35.4 Å². The second-order valence-corrected chi connectivity index (χ2v) is 8.71. The summed E-state index contributed by atoms with van der Waals surface area (Å²) in [7, 11) is 0. The number of aromatic carboxylic acids is 1. The van der Waals surface area contributed by atoms with E-state index in [2.05, 4.69) is 10.6 Å². The van der Waals surface area contributed by atoms with E-state index in [1.54, 1.807) is 24.3 Å². The van der Waals surface area contributed by atoms with Gasteiger partial charge in [0.25, 0.3) is 0 Å². The number of rotatable bonds is 7. The maximum absolute atomic E-state index is 13.5. The highest BCUT2D eigenvalue weighted by Gasteiger charge is 2.55. The van der Waals surface area contributed by atoms with Crippen LogP contribution in [0.15, 0.2) is 48.5 Å². The Morgan fingerprint density at radius 1 is 0.944 bits per heavy atom. The van der Waals surface area contributed by atoms with Crippen LogP contribution in [0.4, 0.5) is 0 Å². The summed E-state index contributed by atoms with van der Waals surface area (Å²) in [6.45, 7) is 5.66. The van der Waals surface area contributed by atoms with Gasteiger partial charge in [-0.1, -0.05) is 26.0 Å². The molecule has 0 fully saturated rings. The normalized spacial score (nSPS) is 15.4. The number of carboxylic acid groups (broad SMARTS) is 1. The first-order valence-electron chi connectivity index (χ1n) is 11.7. The number of carboxylic acids is 1. The molecule has 5 rings (SSSR count). The number of benzene rings is 3. The molecule has 1 unspecified atom stereocenters. The lowest BCUT2D eigenvalue weighted by atomic mass is 9.76. The lowest BCUT2D eigenvalue weighted by Crippen LogP contribution is -2.34. The van der Waals surface area contributed by atoms with Crippen molar-refractivity contribution in [2.45, 2.75) is 25.5 Å². The van der Waals surface area contributed by atoms with Gasteiger partial charge in [-0.25, -0.2) is 9.59 Å². The van der Waals surface area contributed by atoms with E-state index in [9.17, 15) is 24.9 Å². The minimum absolute atomic E-state index is 0.0284. The number of carbonyl (C=O) groups excluding carboxylic acids is 1. The number of phenolic OH excluding ortho intramolecular Hbond substituents is 2. The molecular weight excluding hydrogens is 464 g/mol. The quantitative estimate of drug-likeness (QED) is 0.314. The van der Waals surface area contributed by atoms with Crippen molar-refractivity contribution in [2.24, 2.45) is 0 Å². The Morgan fingerprint density at radius 2 is 1.56 bits per heavy atom. The highest BCUT2D eigenvalue weighted by Crippen LogP contribution is 2.57. The second kappa shape index (κ2) is 8.85. The molecule has 2 heterocycles. The van der Waals surface area contributed by atoms with E-state index < -0.39 is 17.5 Å². The summed E-state index contributed by atoms with van der Waals surface area (Å²) in [5, 5.41) is 37.0. The minimum atomic E-state index is -1.52. The van der Waals surface area contributed by atoms with Gasteiger partial charge in [-0.2, -0.15) is 0 Å². The SMILES string of the molecule is CCNCC(NCC)c1ccc2c(c1C(=O)O)C(=O)OC21c2ccc(O)cc2Oc2cc(O)ccc21. The summed E-state index contributed by atoms with van der Waals surface area (Å²) in [5.41, 5.74) is 0.0341. The Kier molecular flexibility index (Phi) is 5.82. The average Bonchev–Trinajstić information content (AvgIpc) is 3.13. The van der Waals surface area contributed by atoms with Gasteiger partial charge >= 0.3 is 11.9 Å². The van der Waals surface area contributed by atoms with Crippen LogP contribution >= 0.6 is 0 Å². The summed E-state index contributed by atoms with van der Waals surface area (Å²) >= 11 is 0. The summed E-state index contributed by atoms with van der Waals surface area (Å²) in [4.78, 5) is 26.1.